The number of hydrogen-bond donors (Lipinski definition) is 0. The molecule has 3 aromatic carbocycles. The molecule has 1 aliphatic heterocycles. The summed E-state index contributed by atoms with van der Waals surface area (Å²) in [6, 6.07) is 25.3. The van der Waals surface area contributed by atoms with E-state index in [1.54, 1.807) is 11.1 Å². The van der Waals surface area contributed by atoms with Crippen LogP contribution >= 0.6 is 0 Å². The fraction of sp³-hybridized carbons (Fsp3) is 0.190. The van der Waals surface area contributed by atoms with Gasteiger partial charge < -0.3 is 4.90 Å². The molecule has 1 nitrogen and oxygen atoms in total. The number of anilines is 1. The van der Waals surface area contributed by atoms with Crippen molar-refractivity contribution in [1.29, 1.82) is 0 Å². The van der Waals surface area contributed by atoms with Crippen LogP contribution in [-0.4, -0.2) is 6.04 Å². The Balaban J connectivity index is 1.14. The largest absolute Gasteiger partial charge is 0.334 e. The summed E-state index contributed by atoms with van der Waals surface area (Å²) in [4.78, 5) is 2.61. The maximum atomic E-state index is 2.61. The Labute approximate surface area is 254 Å². The van der Waals surface area contributed by atoms with Gasteiger partial charge in [0.25, 0.3) is 0 Å². The average Bonchev–Trinajstić information content (AvgIpc) is 3.42. The Hall–Kier alpha value is -4.62. The normalized spacial score (nSPS) is 26.7. The van der Waals surface area contributed by atoms with Crippen LogP contribution in [0.4, 0.5) is 5.69 Å². The van der Waals surface area contributed by atoms with Crippen LogP contribution in [0.3, 0.4) is 0 Å². The second kappa shape index (κ2) is 9.99. The molecule has 208 valence electrons. The van der Waals surface area contributed by atoms with E-state index in [4.69, 9.17) is 0 Å². The van der Waals surface area contributed by atoms with Gasteiger partial charge in [-0.25, -0.2) is 0 Å². The van der Waals surface area contributed by atoms with Gasteiger partial charge in [0.05, 0.1) is 6.04 Å². The second-order valence-electron chi connectivity index (χ2n) is 12.6. The van der Waals surface area contributed by atoms with Crippen LogP contribution in [0.15, 0.2) is 162 Å². The first kappa shape index (κ1) is 24.9. The van der Waals surface area contributed by atoms with E-state index in [-0.39, 0.29) is 0 Å². The SMILES string of the molecule is C1=CC2C3=C(C=CC4C=C(c5ccc6ccccc6c5)C5=C(C=CCC5)C34)N(c3ccc(C4=CCCC=C4)cc3)C2C=C1. The molecule has 0 bridgehead atoms. The van der Waals surface area contributed by atoms with E-state index in [1.165, 1.54) is 50.0 Å². The fourth-order valence-corrected chi connectivity index (χ4v) is 8.33. The Morgan fingerprint density at radius 3 is 2.42 bits per heavy atom. The zero-order chi connectivity index (χ0) is 28.3. The van der Waals surface area contributed by atoms with Crippen LogP contribution in [0.25, 0.3) is 21.9 Å². The third-order valence-corrected chi connectivity index (χ3v) is 10.3. The lowest BCUT2D eigenvalue weighted by molar-refractivity contribution is 0.533. The number of hydrogen-bond acceptors (Lipinski definition) is 1. The van der Waals surface area contributed by atoms with Crippen molar-refractivity contribution < 1.29 is 0 Å². The number of allylic oxidation sites excluding steroid dienone is 14. The van der Waals surface area contributed by atoms with Gasteiger partial charge in [-0.2, -0.15) is 0 Å². The zero-order valence-electron chi connectivity index (χ0n) is 24.4. The molecule has 6 aliphatic rings. The summed E-state index contributed by atoms with van der Waals surface area (Å²) in [6.07, 6.45) is 33.2. The molecule has 0 N–H and O–H groups in total. The van der Waals surface area contributed by atoms with Gasteiger partial charge >= 0.3 is 0 Å². The van der Waals surface area contributed by atoms with Crippen LogP contribution in [0, 0.1) is 17.8 Å². The number of benzene rings is 3. The standard InChI is InChI=1S/C42H35N/c1-2-10-28(11-3-1)30-20-23-34(24-21-30)43-39-17-9-8-16-37(39)42-40(43)25-22-33-27-38(35-14-6-7-15-36(35)41(33)42)32-19-18-29-12-4-5-13-31(29)26-32/h2,4-5,7-13,15-27,33,37,39,41H,1,3,6,14H2. The van der Waals surface area contributed by atoms with Crippen molar-refractivity contribution in [3.8, 4) is 0 Å². The molecule has 1 heteroatoms. The summed E-state index contributed by atoms with van der Waals surface area (Å²) in [5, 5.41) is 2.62. The first-order valence-electron chi connectivity index (χ1n) is 16.0. The molecule has 0 saturated carbocycles. The summed E-state index contributed by atoms with van der Waals surface area (Å²) in [6.45, 7) is 0. The lowest BCUT2D eigenvalue weighted by Crippen LogP contribution is -2.32. The van der Waals surface area contributed by atoms with E-state index in [1.807, 2.05) is 0 Å². The maximum Gasteiger partial charge on any atom is 0.0626 e. The van der Waals surface area contributed by atoms with E-state index in [9.17, 15) is 0 Å². The molecule has 0 radical (unpaired) electrons. The number of fused-ring (bicyclic) bond motifs is 6. The van der Waals surface area contributed by atoms with Gasteiger partial charge in [0.2, 0.25) is 0 Å². The van der Waals surface area contributed by atoms with Crippen LogP contribution in [-0.2, 0) is 0 Å². The molecule has 1 heterocycles. The van der Waals surface area contributed by atoms with E-state index in [2.05, 4.69) is 145 Å². The van der Waals surface area contributed by atoms with Crippen molar-refractivity contribution in [1.82, 2.24) is 0 Å². The van der Waals surface area contributed by atoms with Crippen molar-refractivity contribution in [3.63, 3.8) is 0 Å². The highest BCUT2D eigenvalue weighted by Crippen LogP contribution is 2.55. The Morgan fingerprint density at radius 2 is 1.53 bits per heavy atom. The predicted molar refractivity (Wildman–Crippen MR) is 181 cm³/mol. The third kappa shape index (κ3) is 3.98. The summed E-state index contributed by atoms with van der Waals surface area (Å²) in [5.74, 6) is 1.11. The van der Waals surface area contributed by atoms with Gasteiger partial charge in [0, 0.05) is 29.1 Å². The summed E-state index contributed by atoms with van der Waals surface area (Å²) >= 11 is 0. The van der Waals surface area contributed by atoms with E-state index < -0.39 is 0 Å². The van der Waals surface area contributed by atoms with Crippen molar-refractivity contribution in [2.75, 3.05) is 4.90 Å². The van der Waals surface area contributed by atoms with Crippen LogP contribution in [0.5, 0.6) is 0 Å². The van der Waals surface area contributed by atoms with E-state index in [0.29, 0.717) is 23.8 Å². The summed E-state index contributed by atoms with van der Waals surface area (Å²) in [5.41, 5.74) is 12.8. The van der Waals surface area contributed by atoms with Crippen molar-refractivity contribution in [3.05, 3.63) is 173 Å². The molecule has 0 amide bonds. The monoisotopic (exact) mass is 553 g/mol. The number of nitrogens with zero attached hydrogens (tertiary/aromatic N) is 1. The molecule has 4 atom stereocenters. The first-order valence-corrected chi connectivity index (χ1v) is 16.0. The fourth-order valence-electron chi connectivity index (χ4n) is 8.33. The van der Waals surface area contributed by atoms with Crippen LogP contribution in [0.1, 0.15) is 36.8 Å². The molecule has 4 unspecified atom stereocenters. The van der Waals surface area contributed by atoms with Crippen molar-refractivity contribution in [2.45, 2.75) is 31.7 Å². The molecule has 5 aliphatic carbocycles. The minimum Gasteiger partial charge on any atom is -0.334 e. The van der Waals surface area contributed by atoms with Gasteiger partial charge in [0.1, 0.15) is 0 Å². The summed E-state index contributed by atoms with van der Waals surface area (Å²) < 4.78 is 0. The quantitative estimate of drug-likeness (QED) is 0.312. The molecule has 0 fully saturated rings. The second-order valence-corrected chi connectivity index (χ2v) is 12.6. The molecular weight excluding hydrogens is 518 g/mol. The minimum absolute atomic E-state index is 0.306. The summed E-state index contributed by atoms with van der Waals surface area (Å²) in [7, 11) is 0. The van der Waals surface area contributed by atoms with Crippen LogP contribution < -0.4 is 4.90 Å². The Bertz CT molecular complexity index is 1930. The average molecular weight is 554 g/mol. The van der Waals surface area contributed by atoms with Gasteiger partial charge in [0.15, 0.2) is 0 Å². The molecular formula is C42H35N. The molecule has 9 rings (SSSR count). The topological polar surface area (TPSA) is 3.24 Å². The van der Waals surface area contributed by atoms with Crippen molar-refractivity contribution >= 4 is 27.6 Å². The molecule has 3 aromatic rings. The van der Waals surface area contributed by atoms with E-state index in [0.717, 1.165) is 25.7 Å². The molecule has 43 heavy (non-hydrogen) atoms. The van der Waals surface area contributed by atoms with Gasteiger partial charge in [-0.05, 0) is 99.7 Å². The Kier molecular flexibility index (Phi) is 5.79. The highest BCUT2D eigenvalue weighted by atomic mass is 15.2. The van der Waals surface area contributed by atoms with Gasteiger partial charge in [-0.15, -0.1) is 0 Å². The predicted octanol–water partition coefficient (Wildman–Crippen LogP) is 10.3. The van der Waals surface area contributed by atoms with Crippen LogP contribution in [0.2, 0.25) is 0 Å². The molecule has 0 spiro atoms. The lowest BCUT2D eigenvalue weighted by atomic mass is 9.65. The lowest BCUT2D eigenvalue weighted by Gasteiger charge is -2.38. The van der Waals surface area contributed by atoms with Gasteiger partial charge in [-0.3, -0.25) is 0 Å². The molecule has 0 aromatic heterocycles. The maximum absolute atomic E-state index is 2.61. The van der Waals surface area contributed by atoms with Gasteiger partial charge in [-0.1, -0.05) is 115 Å². The Morgan fingerprint density at radius 1 is 0.698 bits per heavy atom. The smallest absolute Gasteiger partial charge is 0.0626 e. The van der Waals surface area contributed by atoms with E-state index >= 15 is 0 Å². The van der Waals surface area contributed by atoms with Crippen molar-refractivity contribution in [2.24, 2.45) is 17.8 Å². The number of rotatable bonds is 3. The highest BCUT2D eigenvalue weighted by Gasteiger charge is 2.47. The third-order valence-electron chi connectivity index (χ3n) is 10.3. The highest BCUT2D eigenvalue weighted by molar-refractivity contribution is 5.91. The zero-order valence-corrected chi connectivity index (χ0v) is 24.4. The minimum atomic E-state index is 0.306. The first-order chi connectivity index (χ1) is 21.3. The molecule has 0 saturated heterocycles.